The molecular formula is C25H23N5O. The van der Waals surface area contributed by atoms with Crippen LogP contribution in [0.5, 0.6) is 0 Å². The summed E-state index contributed by atoms with van der Waals surface area (Å²) in [5.41, 5.74) is 7.72. The summed E-state index contributed by atoms with van der Waals surface area (Å²) in [6.45, 7) is 1.98. The van der Waals surface area contributed by atoms with E-state index in [0.717, 1.165) is 50.4 Å². The molecule has 0 radical (unpaired) electrons. The lowest BCUT2D eigenvalue weighted by Gasteiger charge is -2.19. The number of anilines is 1. The normalized spacial score (nSPS) is 12.2. The minimum atomic E-state index is -0.217. The van der Waals surface area contributed by atoms with E-state index >= 15 is 0 Å². The number of fused-ring (bicyclic) bond motifs is 1. The van der Waals surface area contributed by atoms with Crippen LogP contribution in [-0.2, 0) is 0 Å². The van der Waals surface area contributed by atoms with E-state index in [1.165, 1.54) is 0 Å². The monoisotopic (exact) mass is 409 g/mol. The van der Waals surface area contributed by atoms with Gasteiger partial charge in [-0.15, -0.1) is 0 Å². The Morgan fingerprint density at radius 2 is 1.90 bits per heavy atom. The predicted molar refractivity (Wildman–Crippen MR) is 124 cm³/mol. The number of rotatable bonds is 6. The first-order valence-corrected chi connectivity index (χ1v) is 10.2. The van der Waals surface area contributed by atoms with Crippen molar-refractivity contribution >= 4 is 16.6 Å². The number of aliphatic hydroxyl groups excluding tert-OH is 1. The fourth-order valence-electron chi connectivity index (χ4n) is 3.89. The van der Waals surface area contributed by atoms with Gasteiger partial charge in [0.2, 0.25) is 0 Å². The Hall–Kier alpha value is -3.90. The number of hydrogen-bond donors (Lipinski definition) is 4. The van der Waals surface area contributed by atoms with Gasteiger partial charge in [0.15, 0.2) is 0 Å². The summed E-state index contributed by atoms with van der Waals surface area (Å²) in [5, 5.41) is 21.9. The molecule has 31 heavy (non-hydrogen) atoms. The highest BCUT2D eigenvalue weighted by atomic mass is 16.3. The number of pyridine rings is 1. The minimum Gasteiger partial charge on any atom is -0.394 e. The summed E-state index contributed by atoms with van der Waals surface area (Å²) >= 11 is 0. The Bertz CT molecular complexity index is 1310. The van der Waals surface area contributed by atoms with E-state index in [-0.39, 0.29) is 12.6 Å². The van der Waals surface area contributed by atoms with Crippen molar-refractivity contribution in [2.24, 2.45) is 0 Å². The number of nitrogens with zero attached hydrogens (tertiary/aromatic N) is 2. The molecule has 5 rings (SSSR count). The predicted octanol–water partition coefficient (Wildman–Crippen LogP) is 5.07. The second-order valence-corrected chi connectivity index (χ2v) is 7.56. The smallest absolute Gasteiger partial charge is 0.0944 e. The molecule has 6 heteroatoms. The van der Waals surface area contributed by atoms with E-state index in [1.54, 1.807) is 0 Å². The van der Waals surface area contributed by atoms with Gasteiger partial charge < -0.3 is 15.4 Å². The third-order valence-corrected chi connectivity index (χ3v) is 5.53. The van der Waals surface area contributed by atoms with Crippen LogP contribution in [0, 0.1) is 6.92 Å². The molecule has 154 valence electrons. The zero-order chi connectivity index (χ0) is 21.2. The lowest BCUT2D eigenvalue weighted by molar-refractivity contribution is 0.276. The van der Waals surface area contributed by atoms with Crippen molar-refractivity contribution in [1.82, 2.24) is 20.2 Å². The van der Waals surface area contributed by atoms with Crippen molar-refractivity contribution in [1.29, 1.82) is 0 Å². The first-order chi connectivity index (χ1) is 15.2. The summed E-state index contributed by atoms with van der Waals surface area (Å²) in [6.07, 6.45) is 3.71. The number of H-pyrrole nitrogens is 2. The van der Waals surface area contributed by atoms with Gasteiger partial charge in [0.25, 0.3) is 0 Å². The van der Waals surface area contributed by atoms with Gasteiger partial charge in [0, 0.05) is 17.1 Å². The van der Waals surface area contributed by atoms with Crippen LogP contribution in [0.25, 0.3) is 33.4 Å². The molecular weight excluding hydrogens is 386 g/mol. The lowest BCUT2D eigenvalue weighted by atomic mass is 9.99. The number of aromatic nitrogens is 4. The third kappa shape index (κ3) is 3.69. The quantitative estimate of drug-likeness (QED) is 0.315. The molecule has 4 N–H and O–H groups in total. The summed E-state index contributed by atoms with van der Waals surface area (Å²) in [4.78, 5) is 8.03. The maximum absolute atomic E-state index is 9.96. The number of aryl methyl sites for hydroxylation is 1. The van der Waals surface area contributed by atoms with Crippen molar-refractivity contribution < 1.29 is 5.11 Å². The molecule has 0 aliphatic carbocycles. The lowest BCUT2D eigenvalue weighted by Crippen LogP contribution is -2.15. The minimum absolute atomic E-state index is 0.0160. The highest BCUT2D eigenvalue weighted by Gasteiger charge is 2.15. The largest absolute Gasteiger partial charge is 0.394 e. The van der Waals surface area contributed by atoms with Gasteiger partial charge in [-0.25, -0.2) is 0 Å². The molecule has 1 atom stereocenters. The molecule has 0 aliphatic heterocycles. The van der Waals surface area contributed by atoms with Gasteiger partial charge in [0.05, 0.1) is 47.1 Å². The molecule has 0 aliphatic rings. The fourth-order valence-corrected chi connectivity index (χ4v) is 3.89. The highest BCUT2D eigenvalue weighted by molar-refractivity contribution is 5.90. The zero-order valence-corrected chi connectivity index (χ0v) is 17.1. The molecule has 3 heterocycles. The molecule has 0 bridgehead atoms. The van der Waals surface area contributed by atoms with E-state index in [2.05, 4.69) is 38.7 Å². The van der Waals surface area contributed by atoms with Crippen molar-refractivity contribution in [3.63, 3.8) is 0 Å². The van der Waals surface area contributed by atoms with Crippen molar-refractivity contribution in [2.75, 3.05) is 11.9 Å². The van der Waals surface area contributed by atoms with Gasteiger partial charge in [0.1, 0.15) is 0 Å². The van der Waals surface area contributed by atoms with Crippen LogP contribution in [0.1, 0.15) is 17.3 Å². The molecule has 0 spiro atoms. The van der Waals surface area contributed by atoms with Crippen LogP contribution in [-0.4, -0.2) is 31.9 Å². The van der Waals surface area contributed by atoms with Gasteiger partial charge >= 0.3 is 0 Å². The zero-order valence-electron chi connectivity index (χ0n) is 17.1. The Morgan fingerprint density at radius 1 is 1.03 bits per heavy atom. The van der Waals surface area contributed by atoms with Gasteiger partial charge in [-0.1, -0.05) is 36.4 Å². The van der Waals surface area contributed by atoms with E-state index in [1.807, 2.05) is 67.8 Å². The number of benzene rings is 2. The molecule has 0 saturated heterocycles. The third-order valence-electron chi connectivity index (χ3n) is 5.53. The molecule has 5 aromatic rings. The topological polar surface area (TPSA) is 89.6 Å². The van der Waals surface area contributed by atoms with Gasteiger partial charge in [-0.2, -0.15) is 5.10 Å². The number of nitrogens with one attached hydrogen (secondary N) is 3. The highest BCUT2D eigenvalue weighted by Crippen LogP contribution is 2.34. The summed E-state index contributed by atoms with van der Waals surface area (Å²) < 4.78 is 0. The molecule has 0 amide bonds. The molecule has 3 aromatic heterocycles. The Morgan fingerprint density at radius 3 is 2.68 bits per heavy atom. The molecule has 2 aromatic carbocycles. The van der Waals surface area contributed by atoms with Crippen LogP contribution < -0.4 is 5.32 Å². The maximum Gasteiger partial charge on any atom is 0.0944 e. The second kappa shape index (κ2) is 8.08. The molecule has 1 unspecified atom stereocenters. The standard InChI is InChI=1S/C25H23N5O/c1-16-20-12-18(9-10-22(20)30-29-16)21-13-19(14-27-25(21)23-8-5-11-26-23)28-24(15-31)17-6-3-2-4-7-17/h2-14,24,26,28,31H,15H2,1H3,(H,29,30). The first kappa shape index (κ1) is 19.1. The van der Waals surface area contributed by atoms with Crippen LogP contribution in [0.3, 0.4) is 0 Å². The second-order valence-electron chi connectivity index (χ2n) is 7.56. The Balaban J connectivity index is 1.59. The van der Waals surface area contributed by atoms with Crippen LogP contribution in [0.15, 0.2) is 79.1 Å². The SMILES string of the molecule is Cc1n[nH]c2ccc(-c3cc(NC(CO)c4ccccc4)cnc3-c3ccc[nH]3)cc12. The number of aromatic amines is 2. The average Bonchev–Trinajstić information content (AvgIpc) is 3.48. The molecule has 6 nitrogen and oxygen atoms in total. The van der Waals surface area contributed by atoms with Crippen molar-refractivity contribution in [3.05, 3.63) is 90.4 Å². The Kier molecular flexibility index (Phi) is 4.98. The molecule has 0 fully saturated rings. The summed E-state index contributed by atoms with van der Waals surface area (Å²) in [7, 11) is 0. The molecule has 0 saturated carbocycles. The van der Waals surface area contributed by atoms with Crippen molar-refractivity contribution in [2.45, 2.75) is 13.0 Å². The van der Waals surface area contributed by atoms with Crippen LogP contribution >= 0.6 is 0 Å². The number of hydrogen-bond acceptors (Lipinski definition) is 4. The average molecular weight is 409 g/mol. The van der Waals surface area contributed by atoms with E-state index in [9.17, 15) is 5.11 Å². The summed E-state index contributed by atoms with van der Waals surface area (Å²) in [6, 6.07) is 22.0. The fraction of sp³-hybridized carbons (Fsp3) is 0.120. The number of aliphatic hydroxyl groups is 1. The van der Waals surface area contributed by atoms with Gasteiger partial charge in [-0.05, 0) is 48.4 Å². The maximum atomic E-state index is 9.96. The van der Waals surface area contributed by atoms with Gasteiger partial charge in [-0.3, -0.25) is 10.1 Å². The van der Waals surface area contributed by atoms with E-state index < -0.39 is 0 Å². The van der Waals surface area contributed by atoms with Crippen molar-refractivity contribution in [3.8, 4) is 22.5 Å². The van der Waals surface area contributed by atoms with Crippen LogP contribution in [0.2, 0.25) is 0 Å². The Labute approximate surface area is 180 Å². The van der Waals surface area contributed by atoms with E-state index in [0.29, 0.717) is 0 Å². The summed E-state index contributed by atoms with van der Waals surface area (Å²) in [5.74, 6) is 0. The first-order valence-electron chi connectivity index (χ1n) is 10.2. The van der Waals surface area contributed by atoms with E-state index in [4.69, 9.17) is 4.98 Å². The van der Waals surface area contributed by atoms with Crippen LogP contribution in [0.4, 0.5) is 5.69 Å².